The molecule has 0 radical (unpaired) electrons. The van der Waals surface area contributed by atoms with Crippen LogP contribution in [-0.2, 0) is 9.53 Å². The second kappa shape index (κ2) is 8.94. The van der Waals surface area contributed by atoms with Crippen molar-refractivity contribution in [2.24, 2.45) is 5.41 Å². The maximum absolute atomic E-state index is 12.4. The molecule has 0 bridgehead atoms. The third-order valence-corrected chi connectivity index (χ3v) is 7.07. The fourth-order valence-electron chi connectivity index (χ4n) is 4.81. The molecule has 182 valence electrons. The van der Waals surface area contributed by atoms with Gasteiger partial charge in [-0.3, -0.25) is 4.79 Å². The van der Waals surface area contributed by atoms with Gasteiger partial charge in [0.15, 0.2) is 5.78 Å². The van der Waals surface area contributed by atoms with Gasteiger partial charge in [-0.15, -0.1) is 0 Å². The SMILES string of the molecule is CC(=O)/C(C#N)=C(\c1cc(N2CC(NC(=O)OC(C)(C)C)C2)ncc1C)N1CCC2(CC1)CC2. The number of amides is 1. The largest absolute Gasteiger partial charge is 0.444 e. The van der Waals surface area contributed by atoms with E-state index in [1.807, 2.05) is 33.8 Å². The highest BCUT2D eigenvalue weighted by Gasteiger charge is 2.45. The molecule has 2 aliphatic heterocycles. The monoisotopic (exact) mass is 465 g/mol. The van der Waals surface area contributed by atoms with E-state index in [4.69, 9.17) is 4.74 Å². The molecule has 3 fully saturated rings. The second-order valence-corrected chi connectivity index (χ2v) is 11.0. The van der Waals surface area contributed by atoms with Crippen LogP contribution in [0.1, 0.15) is 64.5 Å². The maximum atomic E-state index is 12.4. The summed E-state index contributed by atoms with van der Waals surface area (Å²) in [6.45, 7) is 11.9. The van der Waals surface area contributed by atoms with E-state index in [2.05, 4.69) is 26.2 Å². The zero-order valence-corrected chi connectivity index (χ0v) is 20.9. The van der Waals surface area contributed by atoms with Gasteiger partial charge < -0.3 is 19.9 Å². The number of aromatic nitrogens is 1. The van der Waals surface area contributed by atoms with Crippen molar-refractivity contribution in [3.05, 3.63) is 29.0 Å². The average Bonchev–Trinajstić information content (AvgIpc) is 3.48. The molecule has 3 heterocycles. The highest BCUT2D eigenvalue weighted by atomic mass is 16.6. The molecule has 34 heavy (non-hydrogen) atoms. The third kappa shape index (κ3) is 5.19. The van der Waals surface area contributed by atoms with Crippen LogP contribution in [0.15, 0.2) is 17.8 Å². The lowest BCUT2D eigenvalue weighted by Crippen LogP contribution is -2.60. The molecule has 1 spiro atoms. The van der Waals surface area contributed by atoms with Gasteiger partial charge in [0.05, 0.1) is 11.7 Å². The number of rotatable bonds is 5. The number of allylic oxidation sites excluding steroid dienone is 1. The summed E-state index contributed by atoms with van der Waals surface area (Å²) in [6, 6.07) is 4.15. The number of aryl methyl sites for hydroxylation is 1. The third-order valence-electron chi connectivity index (χ3n) is 7.07. The molecular weight excluding hydrogens is 430 g/mol. The molecule has 8 heteroatoms. The lowest BCUT2D eigenvalue weighted by Gasteiger charge is -2.41. The topological polar surface area (TPSA) is 98.6 Å². The van der Waals surface area contributed by atoms with E-state index in [-0.39, 0.29) is 17.4 Å². The normalized spacial score (nSPS) is 20.2. The summed E-state index contributed by atoms with van der Waals surface area (Å²) in [6.07, 6.45) is 6.19. The Morgan fingerprint density at radius 3 is 2.38 bits per heavy atom. The van der Waals surface area contributed by atoms with Crippen LogP contribution in [0.3, 0.4) is 0 Å². The van der Waals surface area contributed by atoms with E-state index in [1.54, 1.807) is 6.20 Å². The highest BCUT2D eigenvalue weighted by Crippen LogP contribution is 2.54. The number of piperidine rings is 1. The maximum Gasteiger partial charge on any atom is 0.407 e. The van der Waals surface area contributed by atoms with Crippen LogP contribution in [-0.4, -0.2) is 59.6 Å². The summed E-state index contributed by atoms with van der Waals surface area (Å²) < 4.78 is 5.34. The number of carbonyl (C=O) groups is 2. The minimum absolute atomic E-state index is 0.0138. The van der Waals surface area contributed by atoms with Crippen molar-refractivity contribution in [1.29, 1.82) is 5.26 Å². The van der Waals surface area contributed by atoms with Crippen LogP contribution in [0, 0.1) is 23.7 Å². The molecule has 1 N–H and O–H groups in total. The molecule has 2 saturated heterocycles. The van der Waals surface area contributed by atoms with Crippen molar-refractivity contribution in [1.82, 2.24) is 15.2 Å². The van der Waals surface area contributed by atoms with Crippen LogP contribution in [0.2, 0.25) is 0 Å². The van der Waals surface area contributed by atoms with Gasteiger partial charge in [0.2, 0.25) is 0 Å². The van der Waals surface area contributed by atoms with Crippen molar-refractivity contribution in [2.45, 2.75) is 71.9 Å². The minimum atomic E-state index is -0.535. The number of ketones is 1. The summed E-state index contributed by atoms with van der Waals surface area (Å²) in [7, 11) is 0. The second-order valence-electron chi connectivity index (χ2n) is 11.0. The molecule has 1 amide bonds. The number of likely N-dealkylation sites (tertiary alicyclic amines) is 1. The van der Waals surface area contributed by atoms with Crippen LogP contribution in [0.25, 0.3) is 5.70 Å². The zero-order chi connectivity index (χ0) is 24.7. The summed E-state index contributed by atoms with van der Waals surface area (Å²) in [4.78, 5) is 33.4. The van der Waals surface area contributed by atoms with Gasteiger partial charge in [-0.1, -0.05) is 0 Å². The molecule has 0 atom stereocenters. The number of Topliss-reactive ketones (excluding diaryl/α,β-unsaturated/α-hetero) is 1. The smallest absolute Gasteiger partial charge is 0.407 e. The van der Waals surface area contributed by atoms with Crippen LogP contribution in [0.4, 0.5) is 10.6 Å². The van der Waals surface area contributed by atoms with Crippen molar-refractivity contribution >= 4 is 23.4 Å². The number of anilines is 1. The zero-order valence-electron chi connectivity index (χ0n) is 20.9. The van der Waals surface area contributed by atoms with Crippen molar-refractivity contribution < 1.29 is 14.3 Å². The van der Waals surface area contributed by atoms with E-state index < -0.39 is 11.7 Å². The van der Waals surface area contributed by atoms with Crippen molar-refractivity contribution in [3.8, 4) is 6.07 Å². The molecule has 1 saturated carbocycles. The molecular formula is C26H35N5O3. The highest BCUT2D eigenvalue weighted by molar-refractivity contribution is 6.04. The molecule has 0 unspecified atom stereocenters. The van der Waals surface area contributed by atoms with E-state index in [0.717, 1.165) is 48.6 Å². The number of alkyl carbamates (subject to hydrolysis) is 1. The summed E-state index contributed by atoms with van der Waals surface area (Å²) in [5.74, 6) is 0.560. The average molecular weight is 466 g/mol. The van der Waals surface area contributed by atoms with E-state index in [0.29, 0.717) is 18.5 Å². The molecule has 4 rings (SSSR count). The fraction of sp³-hybridized carbons (Fsp3) is 0.615. The lowest BCUT2D eigenvalue weighted by atomic mass is 9.91. The lowest BCUT2D eigenvalue weighted by molar-refractivity contribution is -0.113. The molecule has 1 aromatic rings. The van der Waals surface area contributed by atoms with Crippen molar-refractivity contribution in [2.75, 3.05) is 31.1 Å². The predicted octanol–water partition coefficient (Wildman–Crippen LogP) is 3.80. The number of carbonyl (C=O) groups excluding carboxylic acids is 2. The predicted molar refractivity (Wildman–Crippen MR) is 130 cm³/mol. The molecule has 8 nitrogen and oxygen atoms in total. The fourth-order valence-corrected chi connectivity index (χ4v) is 4.81. The number of nitrogens with one attached hydrogen (secondary N) is 1. The molecule has 1 aliphatic carbocycles. The van der Waals surface area contributed by atoms with Gasteiger partial charge in [-0.2, -0.15) is 5.26 Å². The van der Waals surface area contributed by atoms with Gasteiger partial charge >= 0.3 is 6.09 Å². The molecule has 0 aromatic carbocycles. The quantitative estimate of drug-likeness (QED) is 0.522. The Morgan fingerprint density at radius 1 is 1.21 bits per heavy atom. The first-order valence-corrected chi connectivity index (χ1v) is 12.1. The number of nitriles is 1. The Balaban J connectivity index is 1.53. The Labute approximate surface area is 202 Å². The Morgan fingerprint density at radius 2 is 1.85 bits per heavy atom. The Kier molecular flexibility index (Phi) is 6.32. The van der Waals surface area contributed by atoms with Gasteiger partial charge in [0, 0.05) is 37.9 Å². The van der Waals surface area contributed by atoms with Crippen LogP contribution < -0.4 is 10.2 Å². The van der Waals surface area contributed by atoms with Crippen molar-refractivity contribution in [3.63, 3.8) is 0 Å². The van der Waals surface area contributed by atoms with Gasteiger partial charge in [0.25, 0.3) is 0 Å². The molecule has 3 aliphatic rings. The van der Waals surface area contributed by atoms with Gasteiger partial charge in [-0.25, -0.2) is 9.78 Å². The van der Waals surface area contributed by atoms with Crippen LogP contribution >= 0.6 is 0 Å². The summed E-state index contributed by atoms with van der Waals surface area (Å²) in [5, 5.41) is 12.8. The van der Waals surface area contributed by atoms with Gasteiger partial charge in [-0.05, 0) is 77.3 Å². The summed E-state index contributed by atoms with van der Waals surface area (Å²) >= 11 is 0. The minimum Gasteiger partial charge on any atom is -0.444 e. The Bertz CT molecular complexity index is 1050. The van der Waals surface area contributed by atoms with E-state index in [1.165, 1.54) is 19.8 Å². The number of nitrogens with zero attached hydrogens (tertiary/aromatic N) is 4. The first-order chi connectivity index (χ1) is 16.0. The van der Waals surface area contributed by atoms with Crippen LogP contribution in [0.5, 0.6) is 0 Å². The number of hydrogen-bond donors (Lipinski definition) is 1. The molecule has 1 aromatic heterocycles. The summed E-state index contributed by atoms with van der Waals surface area (Å²) in [5.41, 5.74) is 2.72. The van der Waals surface area contributed by atoms with E-state index in [9.17, 15) is 14.9 Å². The first kappa shape index (κ1) is 24.1. The standard InChI is InChI=1S/C26H35N5O3/c1-17-14-28-22(31-15-19(16-31)29-24(33)34-25(3,4)5)12-20(17)23(21(13-27)18(2)32)30-10-8-26(6-7-26)9-11-30/h12,14,19H,6-11,15-16H2,1-5H3,(H,29,33)/b23-21+. The number of hydrogen-bond acceptors (Lipinski definition) is 7. The number of pyridine rings is 1. The number of ether oxygens (including phenoxy) is 1. The Hall–Kier alpha value is -3.08. The van der Waals surface area contributed by atoms with Gasteiger partial charge in [0.1, 0.15) is 23.1 Å². The first-order valence-electron chi connectivity index (χ1n) is 12.1. The van der Waals surface area contributed by atoms with E-state index >= 15 is 0 Å².